The molecule has 3 nitrogen and oxygen atoms in total. The van der Waals surface area contributed by atoms with Crippen molar-refractivity contribution in [2.75, 3.05) is 0 Å². The number of fused-ring (bicyclic) bond motifs is 1. The summed E-state index contributed by atoms with van der Waals surface area (Å²) in [6.45, 7) is 2.02. The zero-order valence-electron chi connectivity index (χ0n) is 7.99. The number of carboxylic acids is 1. The van der Waals surface area contributed by atoms with Crippen LogP contribution >= 0.6 is 0 Å². The van der Waals surface area contributed by atoms with Crippen LogP contribution in [0.25, 0.3) is 0 Å². The number of carboxylic acid groups (broad SMARTS) is 1. The van der Waals surface area contributed by atoms with Crippen molar-refractivity contribution < 1.29 is 14.6 Å². The quantitative estimate of drug-likeness (QED) is 0.737. The van der Waals surface area contributed by atoms with E-state index in [1.165, 1.54) is 5.56 Å². The molecule has 0 radical (unpaired) electrons. The first-order valence-corrected chi connectivity index (χ1v) is 4.66. The second-order valence-electron chi connectivity index (χ2n) is 3.54. The third-order valence-electron chi connectivity index (χ3n) is 2.57. The van der Waals surface area contributed by atoms with Crippen LogP contribution in [0.5, 0.6) is 5.75 Å². The van der Waals surface area contributed by atoms with Crippen molar-refractivity contribution >= 4 is 5.97 Å². The molecule has 1 heterocycles. The lowest BCUT2D eigenvalue weighted by molar-refractivity contribution is -0.145. The Bertz CT molecular complexity index is 371. The number of aryl methyl sites for hydroxylation is 1. The zero-order valence-corrected chi connectivity index (χ0v) is 7.99. The van der Waals surface area contributed by atoms with Gasteiger partial charge in [-0.3, -0.25) is 0 Å². The molecule has 2 rings (SSSR count). The second kappa shape index (κ2) is 3.33. The number of aliphatic carboxylic acids is 1. The molecule has 14 heavy (non-hydrogen) atoms. The first-order valence-electron chi connectivity index (χ1n) is 4.66. The van der Waals surface area contributed by atoms with Gasteiger partial charge in [-0.25, -0.2) is 4.79 Å². The monoisotopic (exact) mass is 192 g/mol. The van der Waals surface area contributed by atoms with E-state index in [1.54, 1.807) is 0 Å². The van der Waals surface area contributed by atoms with E-state index in [-0.39, 0.29) is 0 Å². The molecule has 1 aliphatic rings. The van der Waals surface area contributed by atoms with Gasteiger partial charge in [-0.15, -0.1) is 0 Å². The molecular weight excluding hydrogens is 180 g/mol. The molecule has 0 spiro atoms. The maximum Gasteiger partial charge on any atom is 0.344 e. The molecule has 0 saturated carbocycles. The molecule has 0 fully saturated rings. The minimum atomic E-state index is -0.878. The molecule has 1 aliphatic heterocycles. The summed E-state index contributed by atoms with van der Waals surface area (Å²) < 4.78 is 5.37. The topological polar surface area (TPSA) is 46.5 Å². The van der Waals surface area contributed by atoms with Gasteiger partial charge in [0, 0.05) is 0 Å². The predicted octanol–water partition coefficient (Wildman–Crippen LogP) is 1.77. The number of rotatable bonds is 1. The fourth-order valence-corrected chi connectivity index (χ4v) is 1.77. The van der Waals surface area contributed by atoms with Crippen LogP contribution in [-0.2, 0) is 11.2 Å². The Hall–Kier alpha value is -1.51. The van der Waals surface area contributed by atoms with Crippen molar-refractivity contribution in [1.82, 2.24) is 0 Å². The van der Waals surface area contributed by atoms with Crippen LogP contribution in [-0.4, -0.2) is 17.2 Å². The molecule has 0 aliphatic carbocycles. The van der Waals surface area contributed by atoms with Gasteiger partial charge in [0.05, 0.1) is 0 Å². The van der Waals surface area contributed by atoms with E-state index in [0.29, 0.717) is 6.42 Å². The van der Waals surface area contributed by atoms with Crippen LogP contribution in [0.2, 0.25) is 0 Å². The van der Waals surface area contributed by atoms with Gasteiger partial charge in [-0.05, 0) is 37.0 Å². The maximum atomic E-state index is 10.7. The van der Waals surface area contributed by atoms with Gasteiger partial charge in [-0.1, -0.05) is 12.1 Å². The molecule has 0 bridgehead atoms. The van der Waals surface area contributed by atoms with Crippen LogP contribution < -0.4 is 4.74 Å². The third-order valence-corrected chi connectivity index (χ3v) is 2.57. The smallest absolute Gasteiger partial charge is 0.344 e. The van der Waals surface area contributed by atoms with Crippen molar-refractivity contribution in [2.24, 2.45) is 0 Å². The van der Waals surface area contributed by atoms with E-state index in [2.05, 4.69) is 0 Å². The minimum Gasteiger partial charge on any atom is -0.479 e. The number of carbonyl (C=O) groups is 1. The van der Waals surface area contributed by atoms with Gasteiger partial charge < -0.3 is 9.84 Å². The molecule has 0 saturated heterocycles. The molecule has 1 atom stereocenters. The van der Waals surface area contributed by atoms with Gasteiger partial charge in [0.1, 0.15) is 5.75 Å². The number of benzene rings is 1. The van der Waals surface area contributed by atoms with Crippen molar-refractivity contribution in [3.8, 4) is 5.75 Å². The minimum absolute atomic E-state index is 0.563. The Kier molecular flexibility index (Phi) is 2.15. The van der Waals surface area contributed by atoms with Crippen molar-refractivity contribution in [2.45, 2.75) is 25.9 Å². The fourth-order valence-electron chi connectivity index (χ4n) is 1.77. The highest BCUT2D eigenvalue weighted by atomic mass is 16.5. The molecule has 3 heteroatoms. The normalized spacial score (nSPS) is 19.6. The van der Waals surface area contributed by atoms with E-state index in [4.69, 9.17) is 9.84 Å². The summed E-state index contributed by atoms with van der Waals surface area (Å²) in [4.78, 5) is 10.7. The lowest BCUT2D eigenvalue weighted by Gasteiger charge is -2.24. The lowest BCUT2D eigenvalue weighted by atomic mass is 9.98. The lowest BCUT2D eigenvalue weighted by Crippen LogP contribution is -2.31. The summed E-state index contributed by atoms with van der Waals surface area (Å²) in [7, 11) is 0. The molecule has 1 aromatic carbocycles. The number of ether oxygens (including phenoxy) is 1. The van der Waals surface area contributed by atoms with Crippen LogP contribution in [0.1, 0.15) is 17.5 Å². The molecule has 1 unspecified atom stereocenters. The third kappa shape index (κ3) is 1.45. The predicted molar refractivity (Wildman–Crippen MR) is 51.6 cm³/mol. The Morgan fingerprint density at radius 1 is 1.57 bits per heavy atom. The van der Waals surface area contributed by atoms with E-state index < -0.39 is 12.1 Å². The highest BCUT2D eigenvalue weighted by Crippen LogP contribution is 2.29. The average molecular weight is 192 g/mol. The van der Waals surface area contributed by atoms with Gasteiger partial charge in [0.2, 0.25) is 0 Å². The Labute approximate surface area is 82.3 Å². The largest absolute Gasteiger partial charge is 0.479 e. The SMILES string of the molecule is Cc1cccc2c1CCC(C(=O)O)O2. The van der Waals surface area contributed by atoms with Crippen molar-refractivity contribution in [3.05, 3.63) is 29.3 Å². The van der Waals surface area contributed by atoms with Crippen LogP contribution in [0.3, 0.4) is 0 Å². The van der Waals surface area contributed by atoms with Crippen molar-refractivity contribution in [3.63, 3.8) is 0 Å². The summed E-state index contributed by atoms with van der Waals surface area (Å²) in [5, 5.41) is 8.81. The van der Waals surface area contributed by atoms with E-state index in [1.807, 2.05) is 25.1 Å². The van der Waals surface area contributed by atoms with E-state index >= 15 is 0 Å². The van der Waals surface area contributed by atoms with Crippen LogP contribution in [0.4, 0.5) is 0 Å². The standard InChI is InChI=1S/C11H12O3/c1-7-3-2-4-9-8(7)5-6-10(14-9)11(12)13/h2-4,10H,5-6H2,1H3,(H,12,13). The van der Waals surface area contributed by atoms with Crippen molar-refractivity contribution in [1.29, 1.82) is 0 Å². The van der Waals surface area contributed by atoms with E-state index in [9.17, 15) is 4.79 Å². The number of hydrogen-bond acceptors (Lipinski definition) is 2. The molecule has 1 aromatic rings. The summed E-state index contributed by atoms with van der Waals surface area (Å²) >= 11 is 0. The maximum absolute atomic E-state index is 10.7. The molecule has 74 valence electrons. The van der Waals surface area contributed by atoms with Gasteiger partial charge in [0.15, 0.2) is 6.10 Å². The van der Waals surface area contributed by atoms with Crippen LogP contribution in [0.15, 0.2) is 18.2 Å². The summed E-state index contributed by atoms with van der Waals surface area (Å²) in [5.41, 5.74) is 2.32. The summed E-state index contributed by atoms with van der Waals surface area (Å²) in [6, 6.07) is 5.74. The Balaban J connectivity index is 2.31. The van der Waals surface area contributed by atoms with Crippen LogP contribution in [0, 0.1) is 6.92 Å². The Morgan fingerprint density at radius 3 is 3.07 bits per heavy atom. The number of hydrogen-bond donors (Lipinski definition) is 1. The summed E-state index contributed by atoms with van der Waals surface area (Å²) in [6.07, 6.45) is 0.677. The first kappa shape index (κ1) is 9.06. The zero-order chi connectivity index (χ0) is 10.1. The van der Waals surface area contributed by atoms with Gasteiger partial charge in [-0.2, -0.15) is 0 Å². The molecule has 0 aromatic heterocycles. The van der Waals surface area contributed by atoms with Gasteiger partial charge >= 0.3 is 5.97 Å². The highest BCUT2D eigenvalue weighted by Gasteiger charge is 2.25. The van der Waals surface area contributed by atoms with E-state index in [0.717, 1.165) is 17.7 Å². The molecule has 0 amide bonds. The molecular formula is C11H12O3. The second-order valence-corrected chi connectivity index (χ2v) is 3.54. The first-order chi connectivity index (χ1) is 6.68. The molecule has 1 N–H and O–H groups in total. The van der Waals surface area contributed by atoms with Gasteiger partial charge in [0.25, 0.3) is 0 Å². The fraction of sp³-hybridized carbons (Fsp3) is 0.364. The average Bonchev–Trinajstić information content (AvgIpc) is 2.17. The summed E-state index contributed by atoms with van der Waals surface area (Å²) in [5.74, 6) is -0.152. The Morgan fingerprint density at radius 2 is 2.36 bits per heavy atom. The highest BCUT2D eigenvalue weighted by molar-refractivity contribution is 5.73.